The van der Waals surface area contributed by atoms with Crippen LogP contribution in [0.15, 0.2) is 0 Å². The number of rotatable bonds is 1. The highest BCUT2D eigenvalue weighted by Gasteiger charge is 2.29. The maximum Gasteiger partial charge on any atom is 0.0576 e. The van der Waals surface area contributed by atoms with E-state index in [1.165, 1.54) is 0 Å². The predicted molar refractivity (Wildman–Crippen MR) is 37.1 cm³/mol. The molecular formula is C7H15NO. The van der Waals surface area contributed by atoms with Crippen LogP contribution in [0.3, 0.4) is 0 Å². The van der Waals surface area contributed by atoms with E-state index in [0.717, 1.165) is 13.2 Å². The molecule has 0 bridgehead atoms. The molecule has 9 heavy (non-hydrogen) atoms. The molecule has 1 heterocycles. The van der Waals surface area contributed by atoms with Crippen molar-refractivity contribution in [2.45, 2.75) is 20.0 Å². The van der Waals surface area contributed by atoms with Crippen molar-refractivity contribution in [1.29, 1.82) is 0 Å². The molecule has 1 rings (SSSR count). The van der Waals surface area contributed by atoms with Gasteiger partial charge in [-0.25, -0.2) is 0 Å². The van der Waals surface area contributed by atoms with Gasteiger partial charge in [-0.1, -0.05) is 6.92 Å². The topological polar surface area (TPSA) is 35.2 Å². The molecule has 1 aliphatic heterocycles. The second kappa shape index (κ2) is 2.67. The molecule has 1 fully saturated rings. The lowest BCUT2D eigenvalue weighted by Gasteiger charge is -2.12. The molecule has 0 aromatic rings. The summed E-state index contributed by atoms with van der Waals surface area (Å²) in [5.74, 6) is 1.25. The number of nitrogens with two attached hydrogens (primary N) is 1. The average Bonchev–Trinajstić information content (AvgIpc) is 2.15. The van der Waals surface area contributed by atoms with Crippen LogP contribution in [0.5, 0.6) is 0 Å². The summed E-state index contributed by atoms with van der Waals surface area (Å²) in [5.41, 5.74) is 5.51. The zero-order valence-corrected chi connectivity index (χ0v) is 6.13. The monoisotopic (exact) mass is 129 g/mol. The van der Waals surface area contributed by atoms with Gasteiger partial charge in [0.15, 0.2) is 0 Å². The molecule has 1 saturated heterocycles. The number of hydrogen-bond donors (Lipinski definition) is 1. The summed E-state index contributed by atoms with van der Waals surface area (Å²) in [6, 6.07) is 0. The van der Waals surface area contributed by atoms with Crippen LogP contribution in [-0.2, 0) is 4.74 Å². The molecule has 3 unspecified atom stereocenters. The summed E-state index contributed by atoms with van der Waals surface area (Å²) in [6.07, 6.45) is 0.415. The third-order valence-corrected chi connectivity index (χ3v) is 2.36. The molecule has 2 nitrogen and oxygen atoms in total. The van der Waals surface area contributed by atoms with E-state index >= 15 is 0 Å². The van der Waals surface area contributed by atoms with E-state index in [1.807, 2.05) is 0 Å². The van der Waals surface area contributed by atoms with Gasteiger partial charge in [0, 0.05) is 0 Å². The molecule has 0 amide bonds. The van der Waals surface area contributed by atoms with Gasteiger partial charge >= 0.3 is 0 Å². The van der Waals surface area contributed by atoms with Crippen LogP contribution >= 0.6 is 0 Å². The Hall–Kier alpha value is -0.0800. The van der Waals surface area contributed by atoms with Crippen molar-refractivity contribution in [3.8, 4) is 0 Å². The third kappa shape index (κ3) is 1.25. The van der Waals surface area contributed by atoms with Gasteiger partial charge in [-0.15, -0.1) is 0 Å². The minimum atomic E-state index is 0.415. The quantitative estimate of drug-likeness (QED) is 0.563. The standard InChI is InChI=1S/C7H15NO/c1-5-6(2)9-4-7(5)3-8/h5-7H,3-4,8H2,1-2H3. The second-order valence-electron chi connectivity index (χ2n) is 2.89. The van der Waals surface area contributed by atoms with Crippen LogP contribution in [0, 0.1) is 11.8 Å². The highest BCUT2D eigenvalue weighted by atomic mass is 16.5. The third-order valence-electron chi connectivity index (χ3n) is 2.36. The zero-order chi connectivity index (χ0) is 6.85. The summed E-state index contributed by atoms with van der Waals surface area (Å²) in [6.45, 7) is 5.94. The Kier molecular flexibility index (Phi) is 2.09. The van der Waals surface area contributed by atoms with Gasteiger partial charge in [0.25, 0.3) is 0 Å². The molecule has 0 aliphatic carbocycles. The van der Waals surface area contributed by atoms with Crippen LogP contribution in [0.1, 0.15) is 13.8 Å². The first-order valence-electron chi connectivity index (χ1n) is 3.57. The molecule has 1 aliphatic rings. The predicted octanol–water partition coefficient (Wildman–Crippen LogP) is 0.616. The number of ether oxygens (including phenoxy) is 1. The Morgan fingerprint density at radius 2 is 2.22 bits per heavy atom. The summed E-state index contributed by atoms with van der Waals surface area (Å²) >= 11 is 0. The normalized spacial score (nSPS) is 43.7. The molecule has 2 N–H and O–H groups in total. The molecular weight excluding hydrogens is 114 g/mol. The van der Waals surface area contributed by atoms with E-state index in [2.05, 4.69) is 13.8 Å². The first-order chi connectivity index (χ1) is 4.25. The van der Waals surface area contributed by atoms with Gasteiger partial charge < -0.3 is 10.5 Å². The maximum atomic E-state index is 5.51. The number of hydrogen-bond acceptors (Lipinski definition) is 2. The molecule has 0 aromatic carbocycles. The van der Waals surface area contributed by atoms with Gasteiger partial charge in [-0.3, -0.25) is 0 Å². The SMILES string of the molecule is CC1OCC(CN)C1C. The van der Waals surface area contributed by atoms with Crippen molar-refractivity contribution in [2.24, 2.45) is 17.6 Å². The Bertz CT molecular complexity index is 94.9. The van der Waals surface area contributed by atoms with Crippen molar-refractivity contribution < 1.29 is 4.74 Å². The Morgan fingerprint density at radius 3 is 2.44 bits per heavy atom. The fraction of sp³-hybridized carbons (Fsp3) is 1.00. The van der Waals surface area contributed by atoms with Crippen LogP contribution in [-0.4, -0.2) is 19.3 Å². The minimum Gasteiger partial charge on any atom is -0.378 e. The van der Waals surface area contributed by atoms with Gasteiger partial charge in [-0.05, 0) is 25.3 Å². The molecule has 54 valence electrons. The van der Waals surface area contributed by atoms with Crippen molar-refractivity contribution >= 4 is 0 Å². The van der Waals surface area contributed by atoms with Crippen molar-refractivity contribution in [3.63, 3.8) is 0 Å². The Balaban J connectivity index is 2.41. The highest BCUT2D eigenvalue weighted by Crippen LogP contribution is 2.24. The van der Waals surface area contributed by atoms with Crippen molar-refractivity contribution in [3.05, 3.63) is 0 Å². The van der Waals surface area contributed by atoms with Gasteiger partial charge in [0.05, 0.1) is 12.7 Å². The zero-order valence-electron chi connectivity index (χ0n) is 6.13. The van der Waals surface area contributed by atoms with Crippen LogP contribution in [0.2, 0.25) is 0 Å². The van der Waals surface area contributed by atoms with Crippen LogP contribution in [0.4, 0.5) is 0 Å². The van der Waals surface area contributed by atoms with Crippen LogP contribution < -0.4 is 5.73 Å². The van der Waals surface area contributed by atoms with E-state index in [9.17, 15) is 0 Å². The average molecular weight is 129 g/mol. The first kappa shape index (κ1) is 7.03. The smallest absolute Gasteiger partial charge is 0.0576 e. The first-order valence-corrected chi connectivity index (χ1v) is 3.57. The lowest BCUT2D eigenvalue weighted by molar-refractivity contribution is 0.108. The fourth-order valence-electron chi connectivity index (χ4n) is 1.24. The summed E-state index contributed by atoms with van der Waals surface area (Å²) in [4.78, 5) is 0. The Morgan fingerprint density at radius 1 is 1.56 bits per heavy atom. The van der Waals surface area contributed by atoms with Crippen LogP contribution in [0.25, 0.3) is 0 Å². The largest absolute Gasteiger partial charge is 0.378 e. The van der Waals surface area contributed by atoms with Gasteiger partial charge in [-0.2, -0.15) is 0 Å². The molecule has 0 saturated carbocycles. The molecule has 2 heteroatoms. The highest BCUT2D eigenvalue weighted by molar-refractivity contribution is 4.77. The van der Waals surface area contributed by atoms with E-state index in [-0.39, 0.29) is 0 Å². The second-order valence-corrected chi connectivity index (χ2v) is 2.89. The van der Waals surface area contributed by atoms with E-state index in [0.29, 0.717) is 17.9 Å². The maximum absolute atomic E-state index is 5.51. The van der Waals surface area contributed by atoms with Gasteiger partial charge in [0.2, 0.25) is 0 Å². The van der Waals surface area contributed by atoms with Gasteiger partial charge in [0.1, 0.15) is 0 Å². The lowest BCUT2D eigenvalue weighted by atomic mass is 9.94. The molecule has 0 radical (unpaired) electrons. The van der Waals surface area contributed by atoms with Crippen molar-refractivity contribution in [1.82, 2.24) is 0 Å². The molecule has 0 spiro atoms. The summed E-state index contributed by atoms with van der Waals surface area (Å²) < 4.78 is 5.39. The minimum absolute atomic E-state index is 0.415. The van der Waals surface area contributed by atoms with E-state index in [1.54, 1.807) is 0 Å². The lowest BCUT2D eigenvalue weighted by Crippen LogP contribution is -2.21. The van der Waals surface area contributed by atoms with E-state index < -0.39 is 0 Å². The summed E-state index contributed by atoms with van der Waals surface area (Å²) in [5, 5.41) is 0. The van der Waals surface area contributed by atoms with E-state index in [4.69, 9.17) is 10.5 Å². The van der Waals surface area contributed by atoms with Crippen molar-refractivity contribution in [2.75, 3.05) is 13.2 Å². The Labute approximate surface area is 56.4 Å². The molecule has 0 aromatic heterocycles. The summed E-state index contributed by atoms with van der Waals surface area (Å²) in [7, 11) is 0. The molecule has 3 atom stereocenters. The fourth-order valence-corrected chi connectivity index (χ4v) is 1.24.